The average molecular weight is 264 g/mol. The Hall–Kier alpha value is -1.20. The molecule has 2 N–H and O–H groups in total. The molecule has 1 aromatic heterocycles. The quantitative estimate of drug-likeness (QED) is 0.825. The van der Waals surface area contributed by atoms with Crippen molar-refractivity contribution in [3.63, 3.8) is 0 Å². The van der Waals surface area contributed by atoms with E-state index < -0.39 is 0 Å². The molecule has 4 nitrogen and oxygen atoms in total. The van der Waals surface area contributed by atoms with Gasteiger partial charge in [0, 0.05) is 20.1 Å². The van der Waals surface area contributed by atoms with E-state index in [0.29, 0.717) is 10.7 Å². The summed E-state index contributed by atoms with van der Waals surface area (Å²) in [6, 6.07) is 3.91. The zero-order valence-corrected chi connectivity index (χ0v) is 11.8. The molecule has 2 heterocycles. The van der Waals surface area contributed by atoms with Crippen LogP contribution in [0, 0.1) is 5.92 Å². The Morgan fingerprint density at radius 3 is 2.89 bits per heavy atom. The highest BCUT2D eigenvalue weighted by molar-refractivity contribution is 7.80. The molecule has 1 unspecified atom stereocenters. The van der Waals surface area contributed by atoms with Crippen LogP contribution in [0.3, 0.4) is 0 Å². The molecule has 0 radical (unpaired) electrons. The first-order valence-electron chi connectivity index (χ1n) is 6.22. The van der Waals surface area contributed by atoms with Gasteiger partial charge in [-0.1, -0.05) is 12.2 Å². The van der Waals surface area contributed by atoms with Crippen LogP contribution in [0.1, 0.15) is 12.1 Å². The van der Waals surface area contributed by atoms with E-state index in [4.69, 9.17) is 18.0 Å². The molecular formula is C13H20N4S. The number of rotatable bonds is 4. The van der Waals surface area contributed by atoms with Gasteiger partial charge < -0.3 is 15.5 Å². The molecule has 0 saturated carbocycles. The average Bonchev–Trinajstić information content (AvgIpc) is 2.75. The lowest BCUT2D eigenvalue weighted by Gasteiger charge is -2.23. The van der Waals surface area contributed by atoms with Crippen LogP contribution in [0.2, 0.25) is 0 Å². The van der Waals surface area contributed by atoms with Gasteiger partial charge in [0.25, 0.3) is 0 Å². The van der Waals surface area contributed by atoms with Crippen LogP contribution in [0.5, 0.6) is 0 Å². The van der Waals surface area contributed by atoms with E-state index in [9.17, 15) is 0 Å². The van der Waals surface area contributed by atoms with Crippen LogP contribution in [0.15, 0.2) is 18.3 Å². The molecule has 0 bridgehead atoms. The van der Waals surface area contributed by atoms with Crippen LogP contribution < -0.4 is 10.6 Å². The molecule has 1 aliphatic rings. The fraction of sp³-hybridized carbons (Fsp3) is 0.538. The van der Waals surface area contributed by atoms with Gasteiger partial charge >= 0.3 is 0 Å². The van der Waals surface area contributed by atoms with E-state index in [0.717, 1.165) is 18.2 Å². The van der Waals surface area contributed by atoms with Gasteiger partial charge in [0.05, 0.1) is 17.6 Å². The summed E-state index contributed by atoms with van der Waals surface area (Å²) < 4.78 is 0. The number of hydrogen-bond acceptors (Lipinski definition) is 4. The largest absolute Gasteiger partial charge is 0.388 e. The van der Waals surface area contributed by atoms with Crippen molar-refractivity contribution in [2.75, 3.05) is 38.6 Å². The molecule has 98 valence electrons. The fourth-order valence-electron chi connectivity index (χ4n) is 2.43. The number of nitrogens with zero attached hydrogens (tertiary/aromatic N) is 3. The van der Waals surface area contributed by atoms with E-state index in [1.807, 2.05) is 18.3 Å². The molecule has 1 aromatic rings. The molecular weight excluding hydrogens is 244 g/mol. The van der Waals surface area contributed by atoms with E-state index in [1.54, 1.807) is 0 Å². The van der Waals surface area contributed by atoms with Crippen molar-refractivity contribution in [3.05, 3.63) is 24.0 Å². The SMILES string of the molecule is CN1CCC(CN(C)c2ccc(C(N)=S)nc2)C1. The molecule has 1 saturated heterocycles. The number of pyridine rings is 1. The number of thiocarbonyl (C=S) groups is 1. The summed E-state index contributed by atoms with van der Waals surface area (Å²) in [5.41, 5.74) is 7.34. The van der Waals surface area contributed by atoms with Gasteiger partial charge in [-0.05, 0) is 38.1 Å². The first-order chi connectivity index (χ1) is 8.56. The summed E-state index contributed by atoms with van der Waals surface area (Å²) in [6.45, 7) is 3.46. The lowest BCUT2D eigenvalue weighted by molar-refractivity contribution is 0.396. The second kappa shape index (κ2) is 5.63. The second-order valence-corrected chi connectivity index (χ2v) is 5.50. The number of nitrogens with two attached hydrogens (primary N) is 1. The zero-order chi connectivity index (χ0) is 13.1. The van der Waals surface area contributed by atoms with Crippen LogP contribution in [-0.2, 0) is 0 Å². The van der Waals surface area contributed by atoms with Gasteiger partial charge in [-0.25, -0.2) is 0 Å². The Labute approximate surface area is 114 Å². The van der Waals surface area contributed by atoms with Crippen LogP contribution in [0.25, 0.3) is 0 Å². The Bertz CT molecular complexity index is 418. The minimum Gasteiger partial charge on any atom is -0.388 e. The zero-order valence-electron chi connectivity index (χ0n) is 11.0. The Balaban J connectivity index is 1.96. The molecule has 18 heavy (non-hydrogen) atoms. The number of likely N-dealkylation sites (tertiary alicyclic amines) is 1. The van der Waals surface area contributed by atoms with Gasteiger partial charge in [0.1, 0.15) is 4.99 Å². The Morgan fingerprint density at radius 1 is 1.61 bits per heavy atom. The number of anilines is 1. The third kappa shape index (κ3) is 3.17. The highest BCUT2D eigenvalue weighted by Crippen LogP contribution is 2.19. The molecule has 1 atom stereocenters. The maximum Gasteiger partial charge on any atom is 0.122 e. The summed E-state index contributed by atoms with van der Waals surface area (Å²) in [5.74, 6) is 0.746. The highest BCUT2D eigenvalue weighted by Gasteiger charge is 2.20. The molecule has 2 rings (SSSR count). The molecule has 0 aliphatic carbocycles. The smallest absolute Gasteiger partial charge is 0.122 e. The molecule has 1 fully saturated rings. The van der Waals surface area contributed by atoms with Crippen LogP contribution >= 0.6 is 12.2 Å². The fourth-order valence-corrected chi connectivity index (χ4v) is 2.55. The van der Waals surface area contributed by atoms with Crippen molar-refractivity contribution in [2.45, 2.75) is 6.42 Å². The highest BCUT2D eigenvalue weighted by atomic mass is 32.1. The van der Waals surface area contributed by atoms with Crippen molar-refractivity contribution in [3.8, 4) is 0 Å². The van der Waals surface area contributed by atoms with Gasteiger partial charge in [-0.3, -0.25) is 4.98 Å². The minimum atomic E-state index is 0.349. The van der Waals surface area contributed by atoms with Crippen molar-refractivity contribution in [1.82, 2.24) is 9.88 Å². The van der Waals surface area contributed by atoms with E-state index >= 15 is 0 Å². The molecule has 5 heteroatoms. The Kier molecular flexibility index (Phi) is 4.14. The lowest BCUT2D eigenvalue weighted by Crippen LogP contribution is -2.27. The van der Waals surface area contributed by atoms with Gasteiger partial charge in [-0.15, -0.1) is 0 Å². The normalized spacial score (nSPS) is 20.0. The standard InChI is InChI=1S/C13H20N4S/c1-16-6-5-10(8-16)9-17(2)11-3-4-12(13(14)18)15-7-11/h3-4,7,10H,5-6,8-9H2,1-2H3,(H2,14,18). The third-order valence-electron chi connectivity index (χ3n) is 3.46. The second-order valence-electron chi connectivity index (χ2n) is 5.06. The van der Waals surface area contributed by atoms with Gasteiger partial charge in [0.2, 0.25) is 0 Å². The molecule has 0 spiro atoms. The summed E-state index contributed by atoms with van der Waals surface area (Å²) >= 11 is 4.90. The van der Waals surface area contributed by atoms with E-state index in [2.05, 4.69) is 28.9 Å². The first-order valence-corrected chi connectivity index (χ1v) is 6.62. The predicted octanol–water partition coefficient (Wildman–Crippen LogP) is 1.10. The number of aromatic nitrogens is 1. The van der Waals surface area contributed by atoms with Crippen molar-refractivity contribution in [1.29, 1.82) is 0 Å². The maximum absolute atomic E-state index is 5.54. The third-order valence-corrected chi connectivity index (χ3v) is 3.67. The molecule has 0 amide bonds. The summed E-state index contributed by atoms with van der Waals surface area (Å²) in [7, 11) is 4.29. The predicted molar refractivity (Wildman–Crippen MR) is 79.0 cm³/mol. The van der Waals surface area contributed by atoms with E-state index in [-0.39, 0.29) is 0 Å². The maximum atomic E-state index is 5.54. The van der Waals surface area contributed by atoms with Gasteiger partial charge in [0.15, 0.2) is 0 Å². The summed E-state index contributed by atoms with van der Waals surface area (Å²) in [4.78, 5) is 9.25. The minimum absolute atomic E-state index is 0.349. The van der Waals surface area contributed by atoms with Gasteiger partial charge in [-0.2, -0.15) is 0 Å². The van der Waals surface area contributed by atoms with Crippen molar-refractivity contribution < 1.29 is 0 Å². The molecule has 1 aliphatic heterocycles. The Morgan fingerprint density at radius 2 is 2.39 bits per heavy atom. The lowest BCUT2D eigenvalue weighted by atomic mass is 10.1. The number of hydrogen-bond donors (Lipinski definition) is 1. The first kappa shape index (κ1) is 13.2. The summed E-state index contributed by atoms with van der Waals surface area (Å²) in [5, 5.41) is 0. The summed E-state index contributed by atoms with van der Waals surface area (Å²) in [6.07, 6.45) is 3.12. The van der Waals surface area contributed by atoms with E-state index in [1.165, 1.54) is 19.5 Å². The molecule has 0 aromatic carbocycles. The van der Waals surface area contributed by atoms with Crippen molar-refractivity contribution in [2.24, 2.45) is 11.7 Å². The monoisotopic (exact) mass is 264 g/mol. The van der Waals surface area contributed by atoms with Crippen LogP contribution in [0.4, 0.5) is 5.69 Å². The topological polar surface area (TPSA) is 45.4 Å². The van der Waals surface area contributed by atoms with Crippen LogP contribution in [-0.4, -0.2) is 48.6 Å². The van der Waals surface area contributed by atoms with Crippen molar-refractivity contribution >= 4 is 22.9 Å².